The van der Waals surface area contributed by atoms with Crippen LogP contribution in [-0.4, -0.2) is 36.9 Å². The number of furan rings is 1. The molecule has 0 fully saturated rings. The van der Waals surface area contributed by atoms with Crippen LogP contribution < -0.4 is 10.9 Å². The molecule has 1 N–H and O–H groups in total. The molecule has 0 saturated heterocycles. The largest absolute Gasteiger partial charge is 0.461 e. The number of rotatable bonds is 7. The quantitative estimate of drug-likeness (QED) is 0.406. The van der Waals surface area contributed by atoms with E-state index in [1.165, 1.54) is 46.2 Å². The molecule has 0 aliphatic carbocycles. The molecule has 0 spiro atoms. The lowest BCUT2D eigenvalue weighted by atomic mass is 10.2. The van der Waals surface area contributed by atoms with Crippen molar-refractivity contribution < 1.29 is 18.1 Å². The smallest absolute Gasteiger partial charge is 0.273 e. The number of aromatic nitrogens is 5. The van der Waals surface area contributed by atoms with Crippen molar-refractivity contribution in [3.63, 3.8) is 0 Å². The van der Waals surface area contributed by atoms with Crippen LogP contribution >= 0.6 is 0 Å². The molecule has 1 aromatic carbocycles. The van der Waals surface area contributed by atoms with Crippen LogP contribution in [0.1, 0.15) is 16.1 Å². The van der Waals surface area contributed by atoms with Crippen LogP contribution in [0.5, 0.6) is 0 Å². The first-order chi connectivity index (χ1) is 16.1. The third-order valence-corrected chi connectivity index (χ3v) is 4.98. The number of hydrogen-bond donors (Lipinski definition) is 1. The number of halogens is 1. The number of amides is 1. The summed E-state index contributed by atoms with van der Waals surface area (Å²) >= 11 is 0. The predicted molar refractivity (Wildman–Crippen MR) is 114 cm³/mol. The Morgan fingerprint density at radius 1 is 1.15 bits per heavy atom. The van der Waals surface area contributed by atoms with Gasteiger partial charge in [0.2, 0.25) is 5.76 Å². The van der Waals surface area contributed by atoms with Crippen LogP contribution in [0.2, 0.25) is 0 Å². The lowest BCUT2D eigenvalue weighted by molar-refractivity contribution is 0.0943. The van der Waals surface area contributed by atoms with Crippen molar-refractivity contribution in [2.45, 2.75) is 13.1 Å². The zero-order valence-corrected chi connectivity index (χ0v) is 17.1. The van der Waals surface area contributed by atoms with E-state index < -0.39 is 5.91 Å². The Labute approximate surface area is 185 Å². The standard InChI is InChI=1S/C22H17FN6O4/c23-15-4-1-3-14(9-15)12-28-13-25-20-16(22(28)31)11-26-29(20)7-6-24-21(30)17-10-19(33-27-17)18-5-2-8-32-18/h1-5,8-11,13H,6-7,12H2,(H,24,30). The van der Waals surface area contributed by atoms with Gasteiger partial charge in [0.05, 0.1) is 25.5 Å². The molecule has 0 unspecified atom stereocenters. The number of nitrogens with zero attached hydrogens (tertiary/aromatic N) is 5. The van der Waals surface area contributed by atoms with E-state index in [0.29, 0.717) is 34.7 Å². The summed E-state index contributed by atoms with van der Waals surface area (Å²) in [5.74, 6) is 0.0336. The number of hydrogen-bond acceptors (Lipinski definition) is 7. The van der Waals surface area contributed by atoms with Gasteiger partial charge in [0.15, 0.2) is 17.1 Å². The molecule has 0 saturated carbocycles. The van der Waals surface area contributed by atoms with Gasteiger partial charge in [0.1, 0.15) is 17.5 Å². The average Bonchev–Trinajstić information content (AvgIpc) is 3.57. The van der Waals surface area contributed by atoms with Gasteiger partial charge in [-0.25, -0.2) is 14.1 Å². The first kappa shape index (κ1) is 20.4. The molecule has 4 heterocycles. The van der Waals surface area contributed by atoms with Gasteiger partial charge in [-0.1, -0.05) is 17.3 Å². The number of benzene rings is 1. The molecule has 5 rings (SSSR count). The Hall–Kier alpha value is -4.54. The van der Waals surface area contributed by atoms with E-state index in [2.05, 4.69) is 20.6 Å². The van der Waals surface area contributed by atoms with E-state index in [9.17, 15) is 14.0 Å². The van der Waals surface area contributed by atoms with Crippen LogP contribution in [-0.2, 0) is 13.1 Å². The minimum absolute atomic E-state index is 0.116. The van der Waals surface area contributed by atoms with Gasteiger partial charge in [0, 0.05) is 12.6 Å². The van der Waals surface area contributed by atoms with Gasteiger partial charge in [-0.2, -0.15) is 5.10 Å². The van der Waals surface area contributed by atoms with Crippen LogP contribution in [0, 0.1) is 5.82 Å². The fraction of sp³-hybridized carbons (Fsp3) is 0.136. The Balaban J connectivity index is 1.25. The monoisotopic (exact) mass is 448 g/mol. The Morgan fingerprint density at radius 3 is 2.88 bits per heavy atom. The lowest BCUT2D eigenvalue weighted by Crippen LogP contribution is -2.28. The molecule has 33 heavy (non-hydrogen) atoms. The summed E-state index contributed by atoms with van der Waals surface area (Å²) < 4.78 is 26.7. The van der Waals surface area contributed by atoms with Crippen molar-refractivity contribution >= 4 is 16.9 Å². The van der Waals surface area contributed by atoms with Gasteiger partial charge in [-0.05, 0) is 29.8 Å². The van der Waals surface area contributed by atoms with E-state index in [0.717, 1.165) is 0 Å². The maximum Gasteiger partial charge on any atom is 0.273 e. The summed E-state index contributed by atoms with van der Waals surface area (Å²) in [6.45, 7) is 0.712. The third-order valence-electron chi connectivity index (χ3n) is 4.98. The van der Waals surface area contributed by atoms with Gasteiger partial charge in [0.25, 0.3) is 11.5 Å². The Morgan fingerprint density at radius 2 is 2.06 bits per heavy atom. The highest BCUT2D eigenvalue weighted by Crippen LogP contribution is 2.20. The fourth-order valence-electron chi connectivity index (χ4n) is 3.39. The molecule has 5 aromatic rings. The Bertz CT molecular complexity index is 1480. The molecule has 0 radical (unpaired) electrons. The highest BCUT2D eigenvalue weighted by atomic mass is 19.1. The molecule has 0 bridgehead atoms. The molecule has 0 aliphatic heterocycles. The summed E-state index contributed by atoms with van der Waals surface area (Å²) in [6, 6.07) is 10.9. The number of carbonyl (C=O) groups is 1. The Kier molecular flexibility index (Phi) is 5.27. The zero-order valence-electron chi connectivity index (χ0n) is 17.1. The second-order valence-electron chi connectivity index (χ2n) is 7.22. The van der Waals surface area contributed by atoms with E-state index in [1.54, 1.807) is 24.3 Å². The van der Waals surface area contributed by atoms with E-state index in [4.69, 9.17) is 8.94 Å². The minimum atomic E-state index is -0.418. The van der Waals surface area contributed by atoms with Gasteiger partial charge in [-0.15, -0.1) is 0 Å². The SMILES string of the molecule is O=C(NCCn1ncc2c(=O)n(Cc3cccc(F)c3)cnc21)c1cc(-c2ccco2)on1. The predicted octanol–water partition coefficient (Wildman–Crippen LogP) is 2.46. The van der Waals surface area contributed by atoms with Crippen LogP contribution in [0.4, 0.5) is 4.39 Å². The summed E-state index contributed by atoms with van der Waals surface area (Å²) in [5, 5.41) is 11.0. The molecular weight excluding hydrogens is 431 g/mol. The maximum atomic E-state index is 13.4. The van der Waals surface area contributed by atoms with Crippen molar-refractivity contribution in [2.24, 2.45) is 0 Å². The highest BCUT2D eigenvalue weighted by molar-refractivity contribution is 5.92. The maximum absolute atomic E-state index is 13.4. The second kappa shape index (κ2) is 8.54. The first-order valence-corrected chi connectivity index (χ1v) is 10.0. The van der Waals surface area contributed by atoms with Crippen molar-refractivity contribution in [3.05, 3.63) is 88.7 Å². The van der Waals surface area contributed by atoms with Gasteiger partial charge in [-0.3, -0.25) is 14.2 Å². The van der Waals surface area contributed by atoms with Crippen LogP contribution in [0.3, 0.4) is 0 Å². The summed E-state index contributed by atoms with van der Waals surface area (Å²) in [7, 11) is 0. The van der Waals surface area contributed by atoms with E-state index in [1.807, 2.05) is 0 Å². The molecular formula is C22H17FN6O4. The van der Waals surface area contributed by atoms with E-state index in [-0.39, 0.29) is 30.2 Å². The summed E-state index contributed by atoms with van der Waals surface area (Å²) in [5.41, 5.74) is 0.875. The number of carbonyl (C=O) groups excluding carboxylic acids is 1. The van der Waals surface area contributed by atoms with E-state index >= 15 is 0 Å². The lowest BCUT2D eigenvalue weighted by Gasteiger charge is -2.07. The summed E-state index contributed by atoms with van der Waals surface area (Å²) in [6.07, 6.45) is 4.33. The van der Waals surface area contributed by atoms with Crippen LogP contribution in [0.25, 0.3) is 22.6 Å². The molecule has 4 aromatic heterocycles. The highest BCUT2D eigenvalue weighted by Gasteiger charge is 2.15. The van der Waals surface area contributed by atoms with Crippen molar-refractivity contribution in [1.29, 1.82) is 0 Å². The van der Waals surface area contributed by atoms with Crippen LogP contribution in [0.15, 0.2) is 75.0 Å². The molecule has 166 valence electrons. The molecule has 10 nitrogen and oxygen atoms in total. The normalized spacial score (nSPS) is 11.2. The average molecular weight is 448 g/mol. The zero-order chi connectivity index (χ0) is 22.8. The fourth-order valence-corrected chi connectivity index (χ4v) is 3.39. The van der Waals surface area contributed by atoms with Gasteiger partial charge < -0.3 is 14.3 Å². The topological polar surface area (TPSA) is 121 Å². The summed E-state index contributed by atoms with van der Waals surface area (Å²) in [4.78, 5) is 29.4. The van der Waals surface area contributed by atoms with Crippen molar-refractivity contribution in [3.8, 4) is 11.5 Å². The first-order valence-electron chi connectivity index (χ1n) is 10.0. The third kappa shape index (κ3) is 4.15. The van der Waals surface area contributed by atoms with Gasteiger partial charge >= 0.3 is 0 Å². The molecule has 0 atom stereocenters. The molecule has 1 amide bonds. The molecule has 11 heteroatoms. The second-order valence-corrected chi connectivity index (χ2v) is 7.22. The number of nitrogens with one attached hydrogen (secondary N) is 1. The number of fused-ring (bicyclic) bond motifs is 1. The van der Waals surface area contributed by atoms with Crippen molar-refractivity contribution in [1.82, 2.24) is 29.8 Å². The minimum Gasteiger partial charge on any atom is -0.461 e. The molecule has 0 aliphatic rings. The van der Waals surface area contributed by atoms with Crippen molar-refractivity contribution in [2.75, 3.05) is 6.54 Å².